The van der Waals surface area contributed by atoms with Crippen LogP contribution in [0.25, 0.3) is 11.2 Å². The van der Waals surface area contributed by atoms with Crippen LogP contribution in [0.1, 0.15) is 31.7 Å². The van der Waals surface area contributed by atoms with Crippen LogP contribution in [0.3, 0.4) is 0 Å². The molecular weight excluding hydrogens is 224 g/mol. The number of hydrogen-bond donors (Lipinski definition) is 2. The van der Waals surface area contributed by atoms with E-state index in [0.717, 1.165) is 36.5 Å². The van der Waals surface area contributed by atoms with Crippen LogP contribution in [0.4, 0.5) is 0 Å². The average molecular weight is 244 g/mol. The van der Waals surface area contributed by atoms with E-state index in [-0.39, 0.29) is 5.41 Å². The molecule has 4 heteroatoms. The maximum Gasteiger partial charge on any atom is 0.177 e. The van der Waals surface area contributed by atoms with E-state index in [0.29, 0.717) is 5.92 Å². The molecule has 3 heterocycles. The van der Waals surface area contributed by atoms with Gasteiger partial charge in [0, 0.05) is 18.2 Å². The minimum atomic E-state index is 0.134. The quantitative estimate of drug-likeness (QED) is 0.851. The van der Waals surface area contributed by atoms with Gasteiger partial charge in [0.1, 0.15) is 5.82 Å². The maximum absolute atomic E-state index is 4.72. The molecule has 2 N–H and O–H groups in total. The van der Waals surface area contributed by atoms with Gasteiger partial charge in [0.25, 0.3) is 0 Å². The first-order chi connectivity index (χ1) is 8.62. The molecule has 0 bridgehead atoms. The van der Waals surface area contributed by atoms with Crippen molar-refractivity contribution < 1.29 is 0 Å². The van der Waals surface area contributed by atoms with Gasteiger partial charge >= 0.3 is 0 Å². The monoisotopic (exact) mass is 244 g/mol. The number of pyridine rings is 1. The number of imidazole rings is 1. The standard InChI is InChI=1S/C14H20N4/c1-9(2)14(4-5-15-8-14)13-17-11-6-10(3)7-16-12(11)18-13/h6-7,9,15H,4-5,8H2,1-3H3,(H,16,17,18). The van der Waals surface area contributed by atoms with Crippen molar-refractivity contribution in [2.45, 2.75) is 32.6 Å². The van der Waals surface area contributed by atoms with E-state index in [1.54, 1.807) is 0 Å². The van der Waals surface area contributed by atoms with Crippen molar-refractivity contribution in [1.29, 1.82) is 0 Å². The molecule has 18 heavy (non-hydrogen) atoms. The van der Waals surface area contributed by atoms with Crippen molar-refractivity contribution in [3.63, 3.8) is 0 Å². The summed E-state index contributed by atoms with van der Waals surface area (Å²) in [5.74, 6) is 1.66. The van der Waals surface area contributed by atoms with Gasteiger partial charge in [0.05, 0.1) is 5.52 Å². The van der Waals surface area contributed by atoms with E-state index < -0.39 is 0 Å². The second-order valence-corrected chi connectivity index (χ2v) is 5.71. The van der Waals surface area contributed by atoms with Gasteiger partial charge in [-0.3, -0.25) is 0 Å². The Hall–Kier alpha value is -1.42. The third-order valence-corrected chi connectivity index (χ3v) is 4.24. The Kier molecular flexibility index (Phi) is 2.63. The first-order valence-electron chi connectivity index (χ1n) is 6.65. The highest BCUT2D eigenvalue weighted by Gasteiger charge is 2.41. The number of H-pyrrole nitrogens is 1. The highest BCUT2D eigenvalue weighted by atomic mass is 15.0. The lowest BCUT2D eigenvalue weighted by molar-refractivity contribution is 0.320. The van der Waals surface area contributed by atoms with Crippen LogP contribution >= 0.6 is 0 Å². The molecule has 1 unspecified atom stereocenters. The maximum atomic E-state index is 4.72. The number of aryl methyl sites for hydroxylation is 1. The van der Waals surface area contributed by atoms with Crippen LogP contribution < -0.4 is 5.32 Å². The number of fused-ring (bicyclic) bond motifs is 1. The SMILES string of the molecule is Cc1cnc2nc(C3(C(C)C)CCNC3)[nH]c2c1. The Labute approximate surface area is 107 Å². The Morgan fingerprint density at radius 3 is 2.89 bits per heavy atom. The van der Waals surface area contributed by atoms with Gasteiger partial charge in [-0.2, -0.15) is 0 Å². The first-order valence-corrected chi connectivity index (χ1v) is 6.65. The van der Waals surface area contributed by atoms with Gasteiger partial charge in [0.15, 0.2) is 5.65 Å². The molecule has 0 saturated carbocycles. The van der Waals surface area contributed by atoms with Crippen molar-refractivity contribution in [1.82, 2.24) is 20.3 Å². The summed E-state index contributed by atoms with van der Waals surface area (Å²) in [5, 5.41) is 3.47. The third-order valence-electron chi connectivity index (χ3n) is 4.24. The second-order valence-electron chi connectivity index (χ2n) is 5.71. The van der Waals surface area contributed by atoms with Gasteiger partial charge in [-0.25, -0.2) is 9.97 Å². The number of nitrogens with one attached hydrogen (secondary N) is 2. The predicted octanol–water partition coefficient (Wildman–Crippen LogP) is 2.15. The number of aromatic amines is 1. The van der Waals surface area contributed by atoms with E-state index in [9.17, 15) is 0 Å². The highest BCUT2D eigenvalue weighted by Crippen LogP contribution is 2.36. The zero-order valence-corrected chi connectivity index (χ0v) is 11.2. The fourth-order valence-electron chi connectivity index (χ4n) is 2.92. The van der Waals surface area contributed by atoms with Crippen LogP contribution in [0.2, 0.25) is 0 Å². The summed E-state index contributed by atoms with van der Waals surface area (Å²) in [5.41, 5.74) is 3.19. The Bertz CT molecular complexity index is 564. The van der Waals surface area contributed by atoms with Gasteiger partial charge < -0.3 is 10.3 Å². The molecule has 1 saturated heterocycles. The number of nitrogens with zero attached hydrogens (tertiary/aromatic N) is 2. The smallest absolute Gasteiger partial charge is 0.177 e. The molecule has 2 aromatic rings. The van der Waals surface area contributed by atoms with Gasteiger partial charge in [-0.15, -0.1) is 0 Å². The Balaban J connectivity index is 2.12. The second kappa shape index (κ2) is 4.05. The lowest BCUT2D eigenvalue weighted by Gasteiger charge is -2.30. The van der Waals surface area contributed by atoms with E-state index in [4.69, 9.17) is 4.98 Å². The molecule has 4 nitrogen and oxygen atoms in total. The molecule has 3 rings (SSSR count). The molecule has 0 amide bonds. The largest absolute Gasteiger partial charge is 0.340 e. The van der Waals surface area contributed by atoms with E-state index in [1.165, 1.54) is 5.56 Å². The topological polar surface area (TPSA) is 53.6 Å². The Morgan fingerprint density at radius 1 is 1.39 bits per heavy atom. The van der Waals surface area contributed by atoms with Crippen molar-refractivity contribution in [2.75, 3.05) is 13.1 Å². The fraction of sp³-hybridized carbons (Fsp3) is 0.571. The molecular formula is C14H20N4. The lowest BCUT2D eigenvalue weighted by atomic mass is 9.76. The van der Waals surface area contributed by atoms with E-state index in [2.05, 4.69) is 42.1 Å². The van der Waals surface area contributed by atoms with Gasteiger partial charge in [0.2, 0.25) is 0 Å². The van der Waals surface area contributed by atoms with E-state index >= 15 is 0 Å². The zero-order chi connectivity index (χ0) is 12.8. The minimum Gasteiger partial charge on any atom is -0.340 e. The van der Waals surface area contributed by atoms with Gasteiger partial charge in [-0.1, -0.05) is 13.8 Å². The van der Waals surface area contributed by atoms with Gasteiger partial charge in [-0.05, 0) is 37.4 Å². The van der Waals surface area contributed by atoms with Crippen molar-refractivity contribution in [3.05, 3.63) is 23.7 Å². The predicted molar refractivity (Wildman–Crippen MR) is 72.6 cm³/mol. The molecule has 0 aromatic carbocycles. The first kappa shape index (κ1) is 11.7. The van der Waals surface area contributed by atoms with Crippen LogP contribution in [-0.2, 0) is 5.41 Å². The zero-order valence-electron chi connectivity index (χ0n) is 11.2. The average Bonchev–Trinajstić information content (AvgIpc) is 2.94. The molecule has 96 valence electrons. The number of aromatic nitrogens is 3. The van der Waals surface area contributed by atoms with Crippen LogP contribution in [0.15, 0.2) is 12.3 Å². The summed E-state index contributed by atoms with van der Waals surface area (Å²) >= 11 is 0. The molecule has 0 radical (unpaired) electrons. The Morgan fingerprint density at radius 2 is 2.22 bits per heavy atom. The van der Waals surface area contributed by atoms with Crippen LogP contribution in [0, 0.1) is 12.8 Å². The number of rotatable bonds is 2. The normalized spacial score (nSPS) is 24.2. The van der Waals surface area contributed by atoms with Crippen molar-refractivity contribution >= 4 is 11.2 Å². The van der Waals surface area contributed by atoms with E-state index in [1.807, 2.05) is 6.20 Å². The van der Waals surface area contributed by atoms with Crippen LogP contribution in [-0.4, -0.2) is 28.0 Å². The summed E-state index contributed by atoms with van der Waals surface area (Å²) in [7, 11) is 0. The van der Waals surface area contributed by atoms with Crippen molar-refractivity contribution in [3.8, 4) is 0 Å². The molecule has 1 atom stereocenters. The summed E-state index contributed by atoms with van der Waals surface area (Å²) in [4.78, 5) is 12.6. The summed E-state index contributed by atoms with van der Waals surface area (Å²) < 4.78 is 0. The summed E-state index contributed by atoms with van der Waals surface area (Å²) in [6.07, 6.45) is 3.02. The summed E-state index contributed by atoms with van der Waals surface area (Å²) in [6, 6.07) is 2.12. The third kappa shape index (κ3) is 1.63. The fourth-order valence-corrected chi connectivity index (χ4v) is 2.92. The highest BCUT2D eigenvalue weighted by molar-refractivity contribution is 5.71. The van der Waals surface area contributed by atoms with Crippen LogP contribution in [0.5, 0.6) is 0 Å². The summed E-state index contributed by atoms with van der Waals surface area (Å²) in [6.45, 7) is 8.69. The molecule has 1 aliphatic rings. The molecule has 0 spiro atoms. The molecule has 1 aliphatic heterocycles. The number of hydrogen-bond acceptors (Lipinski definition) is 3. The minimum absolute atomic E-state index is 0.134. The molecule has 2 aromatic heterocycles. The van der Waals surface area contributed by atoms with Crippen molar-refractivity contribution in [2.24, 2.45) is 5.92 Å². The lowest BCUT2D eigenvalue weighted by Crippen LogP contribution is -2.35. The molecule has 0 aliphatic carbocycles. The molecule has 1 fully saturated rings.